The summed E-state index contributed by atoms with van der Waals surface area (Å²) in [4.78, 5) is 34.7. The van der Waals surface area contributed by atoms with E-state index in [1.807, 2.05) is 24.0 Å². The monoisotopic (exact) mass is 508 g/mol. The lowest BCUT2D eigenvalue weighted by molar-refractivity contribution is -0.141. The lowest BCUT2D eigenvalue weighted by Crippen LogP contribution is -2.55. The van der Waals surface area contributed by atoms with E-state index in [1.54, 1.807) is 6.20 Å². The van der Waals surface area contributed by atoms with Crippen LogP contribution in [0.15, 0.2) is 24.7 Å². The van der Waals surface area contributed by atoms with Gasteiger partial charge in [0.15, 0.2) is 0 Å². The Bertz CT molecular complexity index is 1490. The molecule has 2 aliphatic heterocycles. The molecule has 188 valence electrons. The molecule has 0 aliphatic carbocycles. The standard InChI is InChI=1S/C25H29ClN8O2/c1-14(32-7-9-36-10-8-32)24(35)33-11-16-17(20-19(26)15-5-4-6-28-22(15)31-20)18-21(27)29-13-30-23(18)34(16)25(2,3)12-33/h4-6,13-14H,7-12H2,1-3H3,(H,28,31)(H2,27,29,30)/t14-/m0/s1. The lowest BCUT2D eigenvalue weighted by atomic mass is 9.98. The van der Waals surface area contributed by atoms with Crippen molar-refractivity contribution in [2.24, 2.45) is 0 Å². The highest BCUT2D eigenvalue weighted by molar-refractivity contribution is 6.38. The number of nitrogens with zero attached hydrogens (tertiary/aromatic N) is 6. The number of aromatic nitrogens is 5. The molecule has 1 amide bonds. The zero-order chi connectivity index (χ0) is 25.2. The van der Waals surface area contributed by atoms with Gasteiger partial charge < -0.3 is 24.9 Å². The van der Waals surface area contributed by atoms with E-state index in [9.17, 15) is 4.79 Å². The van der Waals surface area contributed by atoms with E-state index in [0.29, 0.717) is 48.5 Å². The number of pyridine rings is 1. The third-order valence-electron chi connectivity index (χ3n) is 7.42. The molecule has 0 radical (unpaired) electrons. The molecule has 0 unspecified atom stereocenters. The number of nitrogens with two attached hydrogens (primary N) is 1. The Morgan fingerprint density at radius 1 is 1.25 bits per heavy atom. The number of H-pyrrole nitrogens is 1. The summed E-state index contributed by atoms with van der Waals surface area (Å²) in [5.41, 5.74) is 9.86. The van der Waals surface area contributed by atoms with Crippen molar-refractivity contribution in [1.29, 1.82) is 0 Å². The molecule has 1 saturated heterocycles. The van der Waals surface area contributed by atoms with Crippen molar-refractivity contribution in [2.75, 3.05) is 38.6 Å². The first-order valence-corrected chi connectivity index (χ1v) is 12.5. The van der Waals surface area contributed by atoms with Crippen molar-refractivity contribution < 1.29 is 9.53 Å². The van der Waals surface area contributed by atoms with Gasteiger partial charge in [-0.25, -0.2) is 15.0 Å². The minimum atomic E-state index is -0.442. The van der Waals surface area contributed by atoms with E-state index < -0.39 is 5.54 Å². The average molecular weight is 509 g/mol. The van der Waals surface area contributed by atoms with Gasteiger partial charge in [-0.05, 0) is 32.9 Å². The summed E-state index contributed by atoms with van der Waals surface area (Å²) in [7, 11) is 0. The summed E-state index contributed by atoms with van der Waals surface area (Å²) in [5, 5.41) is 2.10. The van der Waals surface area contributed by atoms with Crippen LogP contribution in [0.1, 0.15) is 26.5 Å². The SMILES string of the molecule is C[C@@H](C(=O)N1Cc2c(-c3[nH]c4ncccc4c3Cl)c3c(N)ncnc3n2C(C)(C)C1)N1CCOCC1. The maximum absolute atomic E-state index is 13.8. The van der Waals surface area contributed by atoms with E-state index >= 15 is 0 Å². The Morgan fingerprint density at radius 3 is 2.78 bits per heavy atom. The fourth-order valence-corrected chi connectivity index (χ4v) is 6.03. The summed E-state index contributed by atoms with van der Waals surface area (Å²) < 4.78 is 7.67. The van der Waals surface area contributed by atoms with E-state index in [1.165, 1.54) is 6.33 Å². The van der Waals surface area contributed by atoms with Gasteiger partial charge in [0, 0.05) is 42.5 Å². The Morgan fingerprint density at radius 2 is 2.03 bits per heavy atom. The van der Waals surface area contributed by atoms with E-state index in [0.717, 1.165) is 40.8 Å². The molecule has 0 spiro atoms. The molecule has 0 saturated carbocycles. The van der Waals surface area contributed by atoms with Crippen LogP contribution in [-0.2, 0) is 21.6 Å². The van der Waals surface area contributed by atoms with Crippen molar-refractivity contribution in [1.82, 2.24) is 34.3 Å². The molecule has 4 aromatic rings. The second-order valence-corrected chi connectivity index (χ2v) is 10.5. The van der Waals surface area contributed by atoms with Crippen molar-refractivity contribution in [3.05, 3.63) is 35.4 Å². The van der Waals surface area contributed by atoms with Crippen molar-refractivity contribution >= 4 is 45.4 Å². The van der Waals surface area contributed by atoms with Crippen LogP contribution >= 0.6 is 11.6 Å². The second-order valence-electron chi connectivity index (χ2n) is 10.2. The van der Waals surface area contributed by atoms with Crippen LogP contribution in [0.25, 0.3) is 33.3 Å². The lowest BCUT2D eigenvalue weighted by Gasteiger charge is -2.43. The van der Waals surface area contributed by atoms with Gasteiger partial charge in [-0.15, -0.1) is 0 Å². The first kappa shape index (κ1) is 23.2. The summed E-state index contributed by atoms with van der Waals surface area (Å²) >= 11 is 6.90. The summed E-state index contributed by atoms with van der Waals surface area (Å²) in [6.07, 6.45) is 3.21. The number of nitrogens with one attached hydrogen (secondary N) is 1. The molecule has 4 aromatic heterocycles. The highest BCUT2D eigenvalue weighted by atomic mass is 35.5. The molecule has 1 atom stereocenters. The number of nitrogen functional groups attached to an aromatic ring is 1. The van der Waals surface area contributed by atoms with Gasteiger partial charge in [0.2, 0.25) is 5.91 Å². The average Bonchev–Trinajstić information content (AvgIpc) is 3.39. The third-order valence-corrected chi connectivity index (χ3v) is 7.81. The smallest absolute Gasteiger partial charge is 0.240 e. The molecule has 6 heterocycles. The number of hydrogen-bond acceptors (Lipinski definition) is 7. The zero-order valence-electron chi connectivity index (χ0n) is 20.6. The molecule has 3 N–H and O–H groups in total. The molecule has 0 bridgehead atoms. The first-order chi connectivity index (χ1) is 17.3. The molecule has 2 aliphatic rings. The van der Waals surface area contributed by atoms with E-state index in [2.05, 4.69) is 43.3 Å². The molecular weight excluding hydrogens is 480 g/mol. The number of hydrogen-bond donors (Lipinski definition) is 2. The molecule has 10 nitrogen and oxygen atoms in total. The van der Waals surface area contributed by atoms with Crippen LogP contribution in [0.5, 0.6) is 0 Å². The van der Waals surface area contributed by atoms with E-state index in [-0.39, 0.29) is 11.9 Å². The predicted molar refractivity (Wildman–Crippen MR) is 139 cm³/mol. The summed E-state index contributed by atoms with van der Waals surface area (Å²) in [6, 6.07) is 3.54. The minimum absolute atomic E-state index is 0.0934. The number of ether oxygens (including phenoxy) is 1. The largest absolute Gasteiger partial charge is 0.383 e. The van der Waals surface area contributed by atoms with Gasteiger partial charge in [-0.2, -0.15) is 0 Å². The van der Waals surface area contributed by atoms with Gasteiger partial charge in [0.1, 0.15) is 23.4 Å². The van der Waals surface area contributed by atoms with Gasteiger partial charge in [-0.3, -0.25) is 9.69 Å². The van der Waals surface area contributed by atoms with Crippen molar-refractivity contribution in [3.63, 3.8) is 0 Å². The number of anilines is 1. The molecule has 0 aromatic carbocycles. The van der Waals surface area contributed by atoms with Gasteiger partial charge in [0.05, 0.1) is 47.4 Å². The number of halogens is 1. The van der Waals surface area contributed by atoms with Crippen LogP contribution < -0.4 is 5.73 Å². The predicted octanol–water partition coefficient (Wildman–Crippen LogP) is 3.01. The maximum atomic E-state index is 13.8. The summed E-state index contributed by atoms with van der Waals surface area (Å²) in [6.45, 7) is 9.95. The topological polar surface area (TPSA) is 118 Å². The Labute approximate surface area is 213 Å². The van der Waals surface area contributed by atoms with Crippen LogP contribution in [0.3, 0.4) is 0 Å². The van der Waals surface area contributed by atoms with Gasteiger partial charge in [0.25, 0.3) is 0 Å². The van der Waals surface area contributed by atoms with E-state index in [4.69, 9.17) is 22.1 Å². The van der Waals surface area contributed by atoms with Crippen LogP contribution in [0, 0.1) is 0 Å². The number of morpholine rings is 1. The number of carbonyl (C=O) groups is 1. The quantitative estimate of drug-likeness (QED) is 0.436. The minimum Gasteiger partial charge on any atom is -0.383 e. The fourth-order valence-electron chi connectivity index (χ4n) is 5.73. The Balaban J connectivity index is 1.53. The second kappa shape index (κ2) is 8.43. The third kappa shape index (κ3) is 3.47. The van der Waals surface area contributed by atoms with Crippen LogP contribution in [0.2, 0.25) is 5.02 Å². The number of carbonyl (C=O) groups excluding carboxylic acids is 1. The first-order valence-electron chi connectivity index (χ1n) is 12.2. The highest BCUT2D eigenvalue weighted by Gasteiger charge is 2.41. The van der Waals surface area contributed by atoms with Gasteiger partial charge in [-0.1, -0.05) is 11.6 Å². The molecule has 36 heavy (non-hydrogen) atoms. The molecule has 11 heteroatoms. The summed E-state index contributed by atoms with van der Waals surface area (Å²) in [5.74, 6) is 0.464. The van der Waals surface area contributed by atoms with Crippen molar-refractivity contribution in [2.45, 2.75) is 38.9 Å². The van der Waals surface area contributed by atoms with Crippen LogP contribution in [0.4, 0.5) is 5.82 Å². The Hall–Kier alpha value is -3.21. The maximum Gasteiger partial charge on any atom is 0.240 e. The number of fused-ring (bicyclic) bond motifs is 4. The Kier molecular flexibility index (Phi) is 5.43. The number of amides is 1. The van der Waals surface area contributed by atoms with Crippen LogP contribution in [-0.4, -0.2) is 79.1 Å². The molecule has 1 fully saturated rings. The van der Waals surface area contributed by atoms with Crippen molar-refractivity contribution in [3.8, 4) is 11.3 Å². The molecule has 6 rings (SSSR count). The van der Waals surface area contributed by atoms with Gasteiger partial charge >= 0.3 is 0 Å². The number of aromatic amines is 1. The fraction of sp³-hybridized carbons (Fsp3) is 0.440. The molecular formula is C25H29ClN8O2. The number of rotatable bonds is 3. The highest BCUT2D eigenvalue weighted by Crippen LogP contribution is 2.45. The zero-order valence-corrected chi connectivity index (χ0v) is 21.3. The normalized spacial score (nSPS) is 19.1.